The van der Waals surface area contributed by atoms with Gasteiger partial charge in [0.15, 0.2) is 17.5 Å². The lowest BCUT2D eigenvalue weighted by atomic mass is 9.77. The van der Waals surface area contributed by atoms with E-state index >= 15 is 4.39 Å². The lowest BCUT2D eigenvalue weighted by Crippen LogP contribution is -2.38. The Labute approximate surface area is 343 Å². The molecule has 2 heterocycles. The molecule has 10 heteroatoms. The number of anilines is 3. The summed E-state index contributed by atoms with van der Waals surface area (Å²) >= 11 is 0. The standard InChI is InChI=1S/C49H44FN7O2/c1-56(2)30-15-31-59-48-51-34-43(50)47(54-48)52-41-28-29-44-42(33-41)46(53-45(58)32-35-24-26-37(27-25-35)36-16-7-3-8-17-36)55-57(44)49(38-18-9-4-10-19-38,39-20-11-5-12-21-39)40-22-13-6-14-23-40/h3-14,16-29,33-34H,15,30-32H2,1-2H3,(H,51,52,54)(H,53,55,58). The zero-order valence-electron chi connectivity index (χ0n) is 32.9. The van der Waals surface area contributed by atoms with Crippen LogP contribution in [0.25, 0.3) is 22.0 Å². The van der Waals surface area contributed by atoms with Crippen molar-refractivity contribution in [2.45, 2.75) is 18.4 Å². The molecule has 0 aliphatic rings. The van der Waals surface area contributed by atoms with Gasteiger partial charge in [-0.1, -0.05) is 146 Å². The van der Waals surface area contributed by atoms with Gasteiger partial charge < -0.3 is 20.3 Å². The van der Waals surface area contributed by atoms with Crippen molar-refractivity contribution in [3.63, 3.8) is 0 Å². The van der Waals surface area contributed by atoms with Crippen molar-refractivity contribution in [1.29, 1.82) is 0 Å². The topological polar surface area (TPSA) is 97.2 Å². The van der Waals surface area contributed by atoms with Crippen LogP contribution in [0.3, 0.4) is 0 Å². The van der Waals surface area contributed by atoms with Gasteiger partial charge in [-0.05, 0) is 72.1 Å². The molecule has 2 aromatic heterocycles. The summed E-state index contributed by atoms with van der Waals surface area (Å²) in [5, 5.41) is 12.2. The van der Waals surface area contributed by atoms with E-state index in [1.54, 1.807) is 0 Å². The van der Waals surface area contributed by atoms with E-state index < -0.39 is 11.4 Å². The highest BCUT2D eigenvalue weighted by atomic mass is 19.1. The molecule has 0 saturated heterocycles. The molecule has 0 fully saturated rings. The van der Waals surface area contributed by atoms with Gasteiger partial charge in [0.25, 0.3) is 0 Å². The molecular formula is C49H44FN7O2. The second kappa shape index (κ2) is 17.5. The van der Waals surface area contributed by atoms with E-state index in [0.717, 1.165) is 58.1 Å². The number of nitrogens with one attached hydrogen (secondary N) is 2. The Morgan fingerprint density at radius 3 is 1.90 bits per heavy atom. The van der Waals surface area contributed by atoms with Crippen LogP contribution in [0.2, 0.25) is 0 Å². The third-order valence-corrected chi connectivity index (χ3v) is 10.2. The summed E-state index contributed by atoms with van der Waals surface area (Å²) in [6.45, 7) is 1.22. The number of halogens is 1. The van der Waals surface area contributed by atoms with Crippen molar-refractivity contribution in [3.05, 3.63) is 198 Å². The van der Waals surface area contributed by atoms with E-state index in [2.05, 4.69) is 74.0 Å². The molecule has 0 bridgehead atoms. The van der Waals surface area contributed by atoms with E-state index in [1.807, 2.05) is 134 Å². The second-order valence-electron chi connectivity index (χ2n) is 14.6. The van der Waals surface area contributed by atoms with E-state index in [9.17, 15) is 4.79 Å². The van der Waals surface area contributed by atoms with Crippen molar-refractivity contribution >= 4 is 34.1 Å². The van der Waals surface area contributed by atoms with Gasteiger partial charge in [-0.25, -0.2) is 14.1 Å². The fraction of sp³-hybridized carbons (Fsp3) is 0.143. The molecule has 2 N–H and O–H groups in total. The molecule has 6 aromatic carbocycles. The summed E-state index contributed by atoms with van der Waals surface area (Å²) in [5.41, 5.74) is 6.26. The first-order valence-corrected chi connectivity index (χ1v) is 19.6. The average molecular weight is 782 g/mol. The fourth-order valence-electron chi connectivity index (χ4n) is 7.45. The van der Waals surface area contributed by atoms with Crippen molar-refractivity contribution < 1.29 is 13.9 Å². The van der Waals surface area contributed by atoms with E-state index in [-0.39, 0.29) is 24.2 Å². The van der Waals surface area contributed by atoms with Crippen LogP contribution in [-0.4, -0.2) is 57.8 Å². The maximum Gasteiger partial charge on any atom is 0.318 e. The third-order valence-electron chi connectivity index (χ3n) is 10.2. The van der Waals surface area contributed by atoms with Crippen LogP contribution in [0.5, 0.6) is 6.01 Å². The highest BCUT2D eigenvalue weighted by molar-refractivity contribution is 6.02. The second-order valence-corrected chi connectivity index (χ2v) is 14.6. The SMILES string of the molecule is CN(C)CCCOc1ncc(F)c(Nc2ccc3c(c2)c(NC(=O)Cc2ccc(-c4ccccc4)cc2)nn3C(c2ccccc2)(c2ccccc2)c2ccccc2)n1. The van der Waals surface area contributed by atoms with Crippen LogP contribution in [0.4, 0.5) is 21.7 Å². The minimum Gasteiger partial charge on any atom is -0.463 e. The Balaban J connectivity index is 1.22. The zero-order chi connectivity index (χ0) is 40.6. The number of ether oxygens (including phenoxy) is 1. The van der Waals surface area contributed by atoms with Crippen molar-refractivity contribution in [2.75, 3.05) is 37.9 Å². The number of carbonyl (C=O) groups excluding carboxylic acids is 1. The van der Waals surface area contributed by atoms with Gasteiger partial charge in [-0.3, -0.25) is 4.79 Å². The van der Waals surface area contributed by atoms with Crippen LogP contribution >= 0.6 is 0 Å². The molecule has 294 valence electrons. The number of rotatable bonds is 15. The number of fused-ring (bicyclic) bond motifs is 1. The summed E-state index contributed by atoms with van der Waals surface area (Å²) in [6, 6.07) is 54.5. The lowest BCUT2D eigenvalue weighted by molar-refractivity contribution is -0.115. The molecule has 0 radical (unpaired) electrons. The number of benzene rings is 6. The Bertz CT molecular complexity index is 2540. The van der Waals surface area contributed by atoms with Gasteiger partial charge in [-0.2, -0.15) is 10.1 Å². The molecule has 0 aliphatic heterocycles. The van der Waals surface area contributed by atoms with E-state index in [1.165, 1.54) is 0 Å². The Hall–Kier alpha value is -7.17. The Morgan fingerprint density at radius 1 is 0.729 bits per heavy atom. The first-order valence-electron chi connectivity index (χ1n) is 19.6. The predicted molar refractivity (Wildman–Crippen MR) is 232 cm³/mol. The molecule has 1 amide bonds. The number of nitrogens with zero attached hydrogens (tertiary/aromatic N) is 5. The Morgan fingerprint density at radius 2 is 1.31 bits per heavy atom. The zero-order valence-corrected chi connectivity index (χ0v) is 32.9. The molecule has 59 heavy (non-hydrogen) atoms. The highest BCUT2D eigenvalue weighted by Gasteiger charge is 2.41. The van der Waals surface area contributed by atoms with Crippen molar-refractivity contribution in [3.8, 4) is 17.1 Å². The van der Waals surface area contributed by atoms with Gasteiger partial charge >= 0.3 is 6.01 Å². The largest absolute Gasteiger partial charge is 0.463 e. The van der Waals surface area contributed by atoms with Crippen LogP contribution in [0, 0.1) is 5.82 Å². The number of aromatic nitrogens is 4. The molecule has 0 spiro atoms. The summed E-state index contributed by atoms with van der Waals surface area (Å²) in [4.78, 5) is 24.4. The lowest BCUT2D eigenvalue weighted by Gasteiger charge is -2.37. The quantitative estimate of drug-likeness (QED) is 0.0790. The summed E-state index contributed by atoms with van der Waals surface area (Å²) in [6.07, 6.45) is 1.99. The highest BCUT2D eigenvalue weighted by Crippen LogP contribution is 2.44. The van der Waals surface area contributed by atoms with Crippen LogP contribution in [-0.2, 0) is 16.8 Å². The number of amides is 1. The van der Waals surface area contributed by atoms with Gasteiger partial charge in [0.2, 0.25) is 5.91 Å². The molecular weight excluding hydrogens is 738 g/mol. The van der Waals surface area contributed by atoms with Crippen LogP contribution < -0.4 is 15.4 Å². The number of hydrogen-bond donors (Lipinski definition) is 2. The van der Waals surface area contributed by atoms with Gasteiger partial charge in [-0.15, -0.1) is 0 Å². The normalized spacial score (nSPS) is 11.5. The van der Waals surface area contributed by atoms with Crippen LogP contribution in [0.15, 0.2) is 170 Å². The molecule has 9 nitrogen and oxygen atoms in total. The average Bonchev–Trinajstić information content (AvgIpc) is 3.62. The minimum atomic E-state index is -0.967. The fourth-order valence-corrected chi connectivity index (χ4v) is 7.45. The first-order chi connectivity index (χ1) is 28.9. The first kappa shape index (κ1) is 38.7. The molecule has 8 rings (SSSR count). The summed E-state index contributed by atoms with van der Waals surface area (Å²) in [5.74, 6) is -0.546. The molecule has 0 unspecified atom stereocenters. The molecule has 8 aromatic rings. The maximum atomic E-state index is 15.2. The molecule has 0 saturated carbocycles. The van der Waals surface area contributed by atoms with E-state index in [4.69, 9.17) is 9.84 Å². The smallest absolute Gasteiger partial charge is 0.318 e. The van der Waals surface area contributed by atoms with E-state index in [0.29, 0.717) is 23.5 Å². The van der Waals surface area contributed by atoms with Crippen molar-refractivity contribution in [1.82, 2.24) is 24.6 Å². The monoisotopic (exact) mass is 781 g/mol. The van der Waals surface area contributed by atoms with Crippen LogP contribution in [0.1, 0.15) is 28.7 Å². The molecule has 0 atom stereocenters. The van der Waals surface area contributed by atoms with Gasteiger partial charge in [0, 0.05) is 17.6 Å². The third kappa shape index (κ3) is 8.44. The van der Waals surface area contributed by atoms with Crippen molar-refractivity contribution in [2.24, 2.45) is 0 Å². The number of hydrogen-bond acceptors (Lipinski definition) is 7. The number of carbonyl (C=O) groups is 1. The summed E-state index contributed by atoms with van der Waals surface area (Å²) in [7, 11) is 3.98. The summed E-state index contributed by atoms with van der Waals surface area (Å²) < 4.78 is 23.0. The van der Waals surface area contributed by atoms with Gasteiger partial charge in [0.05, 0.1) is 24.7 Å². The minimum absolute atomic E-state index is 0.0360. The van der Waals surface area contributed by atoms with Gasteiger partial charge in [0.1, 0.15) is 5.54 Å². The Kier molecular flexibility index (Phi) is 11.5. The predicted octanol–water partition coefficient (Wildman–Crippen LogP) is 9.73. The molecule has 0 aliphatic carbocycles. The maximum absolute atomic E-state index is 15.2.